The van der Waals surface area contributed by atoms with Crippen LogP contribution in [-0.4, -0.2) is 18.2 Å². The molecule has 0 radical (unpaired) electrons. The molecule has 1 heterocycles. The first-order chi connectivity index (χ1) is 7.31. The highest BCUT2D eigenvalue weighted by atomic mass is 16.5. The van der Waals surface area contributed by atoms with Crippen molar-refractivity contribution >= 4 is 0 Å². The van der Waals surface area contributed by atoms with E-state index in [9.17, 15) is 0 Å². The number of ether oxygens (including phenoxy) is 1. The number of rotatable bonds is 2. The molecule has 3 aliphatic rings. The Bertz CT molecular complexity index is 223. The normalized spacial score (nSPS) is 49.8. The third-order valence-electron chi connectivity index (χ3n) is 4.89. The molecule has 0 aromatic heterocycles. The first-order valence-electron chi connectivity index (χ1n) is 6.71. The van der Waals surface area contributed by atoms with Gasteiger partial charge in [-0.05, 0) is 50.4 Å². The summed E-state index contributed by atoms with van der Waals surface area (Å²) in [7, 11) is 0. The zero-order chi connectivity index (χ0) is 10.3. The first-order valence-corrected chi connectivity index (χ1v) is 6.71. The van der Waals surface area contributed by atoms with Crippen LogP contribution in [0, 0.1) is 11.8 Å². The Kier molecular flexibility index (Phi) is 2.52. The molecule has 0 aromatic rings. The molecule has 2 aliphatic carbocycles. The van der Waals surface area contributed by atoms with E-state index in [2.05, 4.69) is 0 Å². The van der Waals surface area contributed by atoms with E-state index in [0.717, 1.165) is 24.9 Å². The van der Waals surface area contributed by atoms with Crippen LogP contribution in [0.4, 0.5) is 0 Å². The Morgan fingerprint density at radius 3 is 2.27 bits per heavy atom. The number of hydrogen-bond acceptors (Lipinski definition) is 2. The lowest BCUT2D eigenvalue weighted by Gasteiger charge is -2.26. The lowest BCUT2D eigenvalue weighted by molar-refractivity contribution is 0.00389. The molecule has 15 heavy (non-hydrogen) atoms. The van der Waals surface area contributed by atoms with E-state index in [1.54, 1.807) is 0 Å². The average molecular weight is 209 g/mol. The minimum absolute atomic E-state index is 0.179. The molecule has 2 N–H and O–H groups in total. The van der Waals surface area contributed by atoms with Crippen molar-refractivity contribution in [3.05, 3.63) is 0 Å². The summed E-state index contributed by atoms with van der Waals surface area (Å²) in [6.45, 7) is 0.968. The van der Waals surface area contributed by atoms with Gasteiger partial charge in [-0.3, -0.25) is 0 Å². The maximum absolute atomic E-state index is 6.55. The van der Waals surface area contributed by atoms with E-state index in [1.807, 2.05) is 0 Å². The van der Waals surface area contributed by atoms with Crippen LogP contribution in [0.15, 0.2) is 0 Å². The summed E-state index contributed by atoms with van der Waals surface area (Å²) in [4.78, 5) is 0. The van der Waals surface area contributed by atoms with E-state index in [1.165, 1.54) is 44.9 Å². The molecule has 1 aliphatic heterocycles. The predicted molar refractivity (Wildman–Crippen MR) is 60.6 cm³/mol. The van der Waals surface area contributed by atoms with Crippen molar-refractivity contribution in [1.82, 2.24) is 0 Å². The van der Waals surface area contributed by atoms with Gasteiger partial charge in [-0.2, -0.15) is 0 Å². The molecule has 0 amide bonds. The smallest absolute Gasteiger partial charge is 0.0592 e. The summed E-state index contributed by atoms with van der Waals surface area (Å²) in [6.07, 6.45) is 11.0. The highest BCUT2D eigenvalue weighted by molar-refractivity contribution is 5.17. The summed E-state index contributed by atoms with van der Waals surface area (Å²) in [5.74, 6) is 1.69. The van der Waals surface area contributed by atoms with Crippen LogP contribution in [0.2, 0.25) is 0 Å². The van der Waals surface area contributed by atoms with Crippen LogP contribution in [0.3, 0.4) is 0 Å². The van der Waals surface area contributed by atoms with E-state index >= 15 is 0 Å². The molecule has 3 fully saturated rings. The molecule has 0 bridgehead atoms. The van der Waals surface area contributed by atoms with Gasteiger partial charge in [-0.1, -0.05) is 12.8 Å². The van der Waals surface area contributed by atoms with Crippen molar-refractivity contribution in [3.63, 3.8) is 0 Å². The van der Waals surface area contributed by atoms with Crippen LogP contribution in [0.25, 0.3) is 0 Å². The summed E-state index contributed by atoms with van der Waals surface area (Å²) >= 11 is 0. The van der Waals surface area contributed by atoms with Crippen molar-refractivity contribution in [1.29, 1.82) is 0 Å². The summed E-state index contributed by atoms with van der Waals surface area (Å²) in [5, 5.41) is 0. The maximum atomic E-state index is 6.55. The summed E-state index contributed by atoms with van der Waals surface area (Å²) in [6, 6.07) is 0. The fourth-order valence-electron chi connectivity index (χ4n) is 3.96. The molecule has 0 spiro atoms. The minimum Gasteiger partial charge on any atom is -0.378 e. The molecule has 3 atom stereocenters. The van der Waals surface area contributed by atoms with Crippen LogP contribution >= 0.6 is 0 Å². The van der Waals surface area contributed by atoms with Gasteiger partial charge in [0.25, 0.3) is 0 Å². The van der Waals surface area contributed by atoms with Gasteiger partial charge in [-0.25, -0.2) is 0 Å². The molecule has 86 valence electrons. The lowest BCUT2D eigenvalue weighted by atomic mass is 9.98. The predicted octanol–water partition coefficient (Wildman–Crippen LogP) is 2.46. The van der Waals surface area contributed by atoms with Gasteiger partial charge in [0.15, 0.2) is 0 Å². The zero-order valence-corrected chi connectivity index (χ0v) is 9.58. The molecule has 2 heteroatoms. The summed E-state index contributed by atoms with van der Waals surface area (Å²) < 4.78 is 5.82. The van der Waals surface area contributed by atoms with Gasteiger partial charge in [0.2, 0.25) is 0 Å². The monoisotopic (exact) mass is 209 g/mol. The van der Waals surface area contributed by atoms with E-state index in [4.69, 9.17) is 10.5 Å². The van der Waals surface area contributed by atoms with Gasteiger partial charge in [0.05, 0.1) is 6.10 Å². The second kappa shape index (κ2) is 3.74. The van der Waals surface area contributed by atoms with Crippen LogP contribution in [0.1, 0.15) is 51.4 Å². The second-order valence-electron chi connectivity index (χ2n) is 5.80. The fourth-order valence-corrected chi connectivity index (χ4v) is 3.96. The van der Waals surface area contributed by atoms with Crippen molar-refractivity contribution in [2.45, 2.75) is 63.0 Å². The van der Waals surface area contributed by atoms with Gasteiger partial charge in [-0.15, -0.1) is 0 Å². The van der Waals surface area contributed by atoms with Gasteiger partial charge < -0.3 is 10.5 Å². The van der Waals surface area contributed by atoms with Gasteiger partial charge in [0, 0.05) is 12.1 Å². The largest absolute Gasteiger partial charge is 0.378 e. The zero-order valence-electron chi connectivity index (χ0n) is 9.58. The Morgan fingerprint density at radius 1 is 1.00 bits per heavy atom. The minimum atomic E-state index is 0.179. The van der Waals surface area contributed by atoms with E-state index in [-0.39, 0.29) is 5.54 Å². The molecule has 3 unspecified atom stereocenters. The summed E-state index contributed by atoms with van der Waals surface area (Å²) in [5.41, 5.74) is 6.73. The van der Waals surface area contributed by atoms with E-state index in [0.29, 0.717) is 6.10 Å². The van der Waals surface area contributed by atoms with Gasteiger partial charge >= 0.3 is 0 Å². The number of fused-ring (bicyclic) bond motifs is 1. The van der Waals surface area contributed by atoms with Crippen molar-refractivity contribution in [2.75, 3.05) is 6.61 Å². The number of hydrogen-bond donors (Lipinski definition) is 1. The SMILES string of the molecule is NC1(CC2CCCCO2)C2CCCCC21. The number of nitrogens with two attached hydrogens (primary N) is 1. The average Bonchev–Trinajstić information content (AvgIpc) is 2.87. The van der Waals surface area contributed by atoms with E-state index < -0.39 is 0 Å². The third-order valence-corrected chi connectivity index (χ3v) is 4.89. The van der Waals surface area contributed by atoms with Gasteiger partial charge in [0.1, 0.15) is 0 Å². The molecular formula is C13H23NO. The topological polar surface area (TPSA) is 35.2 Å². The standard InChI is InChI=1S/C13H23NO/c14-13(9-10-5-3-4-8-15-10)11-6-1-2-7-12(11)13/h10-12H,1-9,14H2. The molecule has 3 rings (SSSR count). The Labute approximate surface area is 92.6 Å². The third kappa shape index (κ3) is 1.72. The fraction of sp³-hybridized carbons (Fsp3) is 1.00. The Morgan fingerprint density at radius 2 is 1.67 bits per heavy atom. The van der Waals surface area contributed by atoms with Crippen LogP contribution in [-0.2, 0) is 4.74 Å². The Hall–Kier alpha value is -0.0800. The molecule has 0 aromatic carbocycles. The Balaban J connectivity index is 1.58. The van der Waals surface area contributed by atoms with Crippen LogP contribution in [0.5, 0.6) is 0 Å². The molecule has 2 nitrogen and oxygen atoms in total. The first kappa shape index (κ1) is 10.1. The van der Waals surface area contributed by atoms with Crippen molar-refractivity contribution in [2.24, 2.45) is 17.6 Å². The lowest BCUT2D eigenvalue weighted by Crippen LogP contribution is -2.34. The second-order valence-corrected chi connectivity index (χ2v) is 5.80. The van der Waals surface area contributed by atoms with Crippen LogP contribution < -0.4 is 5.73 Å². The molecule has 1 saturated heterocycles. The molecular weight excluding hydrogens is 186 g/mol. The van der Waals surface area contributed by atoms with Crippen molar-refractivity contribution < 1.29 is 4.74 Å². The highest BCUT2D eigenvalue weighted by Crippen LogP contribution is 2.59. The van der Waals surface area contributed by atoms with Crippen molar-refractivity contribution in [3.8, 4) is 0 Å². The quantitative estimate of drug-likeness (QED) is 0.758. The maximum Gasteiger partial charge on any atom is 0.0592 e. The molecule has 2 saturated carbocycles. The highest BCUT2D eigenvalue weighted by Gasteiger charge is 2.62.